The number of carbonyl (C=O) groups is 1. The summed E-state index contributed by atoms with van der Waals surface area (Å²) in [6.07, 6.45) is 7.56. The highest BCUT2D eigenvalue weighted by atomic mass is 16.5. The Labute approximate surface area is 225 Å². The second-order valence-corrected chi connectivity index (χ2v) is 10.2. The molecule has 0 aromatic heterocycles. The maximum atomic E-state index is 13.6. The second-order valence-electron chi connectivity index (χ2n) is 10.2. The van der Waals surface area contributed by atoms with Crippen LogP contribution in [0.3, 0.4) is 0 Å². The van der Waals surface area contributed by atoms with E-state index in [1.54, 1.807) is 25.2 Å². The molecule has 8 nitrogen and oxygen atoms in total. The highest BCUT2D eigenvalue weighted by Gasteiger charge is 2.33. The number of benzene rings is 2. The molecule has 3 heterocycles. The van der Waals surface area contributed by atoms with E-state index in [2.05, 4.69) is 41.1 Å². The topological polar surface area (TPSA) is 66.8 Å². The lowest BCUT2D eigenvalue weighted by Gasteiger charge is -2.34. The van der Waals surface area contributed by atoms with Crippen molar-refractivity contribution in [2.24, 2.45) is 4.99 Å². The van der Waals surface area contributed by atoms with E-state index in [9.17, 15) is 4.79 Å². The molecule has 0 aliphatic carbocycles. The summed E-state index contributed by atoms with van der Waals surface area (Å²) in [6, 6.07) is 12.2. The Morgan fingerprint density at radius 1 is 0.947 bits per heavy atom. The van der Waals surface area contributed by atoms with Crippen molar-refractivity contribution in [3.8, 4) is 11.5 Å². The number of nitrogens with zero attached hydrogens (tertiary/aromatic N) is 4. The fraction of sp³-hybridized carbons (Fsp3) is 0.467. The van der Waals surface area contributed by atoms with E-state index < -0.39 is 0 Å². The van der Waals surface area contributed by atoms with Gasteiger partial charge in [-0.15, -0.1) is 0 Å². The lowest BCUT2D eigenvalue weighted by atomic mass is 10.0. The average Bonchev–Trinajstić information content (AvgIpc) is 3.33. The largest absolute Gasteiger partial charge is 0.493 e. The summed E-state index contributed by atoms with van der Waals surface area (Å²) in [5.41, 5.74) is 4.68. The van der Waals surface area contributed by atoms with Crippen LogP contribution in [0, 0.1) is 0 Å². The van der Waals surface area contributed by atoms with Gasteiger partial charge in [-0.1, -0.05) is 12.1 Å². The maximum absolute atomic E-state index is 13.6. The second kappa shape index (κ2) is 12.0. The van der Waals surface area contributed by atoms with E-state index in [1.807, 2.05) is 18.5 Å². The van der Waals surface area contributed by atoms with Gasteiger partial charge in [0, 0.05) is 70.5 Å². The van der Waals surface area contributed by atoms with E-state index >= 15 is 0 Å². The van der Waals surface area contributed by atoms with Crippen LogP contribution in [-0.2, 0) is 4.74 Å². The minimum atomic E-state index is -0.113. The van der Waals surface area contributed by atoms with Crippen LogP contribution < -0.4 is 14.4 Å². The van der Waals surface area contributed by atoms with Crippen molar-refractivity contribution >= 4 is 29.1 Å². The van der Waals surface area contributed by atoms with Crippen LogP contribution in [0.25, 0.3) is 5.57 Å². The summed E-state index contributed by atoms with van der Waals surface area (Å²) in [7, 11) is 5.48. The summed E-state index contributed by atoms with van der Waals surface area (Å²) in [5.74, 6) is 1.09. The fourth-order valence-corrected chi connectivity index (χ4v) is 5.23. The molecule has 8 heteroatoms. The van der Waals surface area contributed by atoms with Crippen LogP contribution in [0.1, 0.15) is 41.6 Å². The number of ether oxygens (including phenoxy) is 3. The molecule has 1 amide bonds. The number of unbranched alkanes of at least 4 members (excludes halogenated alkanes) is 2. The van der Waals surface area contributed by atoms with Gasteiger partial charge in [-0.2, -0.15) is 0 Å². The first-order valence-corrected chi connectivity index (χ1v) is 13.5. The Morgan fingerprint density at radius 3 is 2.45 bits per heavy atom. The molecule has 2 aromatic rings. The van der Waals surface area contributed by atoms with Crippen molar-refractivity contribution in [1.29, 1.82) is 0 Å². The summed E-state index contributed by atoms with van der Waals surface area (Å²) in [5, 5.41) is 0. The van der Waals surface area contributed by atoms with Gasteiger partial charge in [0.2, 0.25) is 0 Å². The molecule has 202 valence electrons. The lowest BCUT2D eigenvalue weighted by molar-refractivity contribution is 0.0817. The number of hydrogen-bond donors (Lipinski definition) is 0. The molecule has 1 atom stereocenters. The predicted octanol–water partition coefficient (Wildman–Crippen LogP) is 4.61. The van der Waals surface area contributed by atoms with Crippen LogP contribution in [0.4, 0.5) is 11.4 Å². The number of rotatable bonds is 10. The normalized spacial score (nSPS) is 19.2. The van der Waals surface area contributed by atoms with Gasteiger partial charge in [0.25, 0.3) is 5.91 Å². The third kappa shape index (κ3) is 5.71. The highest BCUT2D eigenvalue weighted by molar-refractivity contribution is 6.05. The first-order chi connectivity index (χ1) is 18.6. The Hall–Kier alpha value is -3.36. The number of anilines is 1. The minimum absolute atomic E-state index is 0.0732. The Bertz CT molecular complexity index is 1190. The van der Waals surface area contributed by atoms with Gasteiger partial charge in [0.15, 0.2) is 11.5 Å². The third-order valence-corrected chi connectivity index (χ3v) is 7.57. The van der Waals surface area contributed by atoms with Gasteiger partial charge in [0.1, 0.15) is 0 Å². The number of piperazine rings is 1. The smallest absolute Gasteiger partial charge is 0.260 e. The van der Waals surface area contributed by atoms with Crippen LogP contribution in [0.2, 0.25) is 0 Å². The number of likely N-dealkylation sites (N-methyl/N-ethyl adjacent to an activating group) is 1. The third-order valence-electron chi connectivity index (χ3n) is 7.57. The molecule has 0 N–H and O–H groups in total. The van der Waals surface area contributed by atoms with Gasteiger partial charge >= 0.3 is 0 Å². The van der Waals surface area contributed by atoms with Crippen LogP contribution in [0.5, 0.6) is 11.5 Å². The van der Waals surface area contributed by atoms with E-state index in [1.165, 1.54) is 5.69 Å². The summed E-state index contributed by atoms with van der Waals surface area (Å²) >= 11 is 0. The molecule has 0 saturated carbocycles. The molecule has 3 aliphatic heterocycles. The number of hydrogen-bond acceptors (Lipinski definition) is 7. The number of carbonyl (C=O) groups excluding carboxylic acids is 1. The van der Waals surface area contributed by atoms with Crippen molar-refractivity contribution < 1.29 is 19.0 Å². The Balaban J connectivity index is 1.29. The van der Waals surface area contributed by atoms with Gasteiger partial charge in [-0.3, -0.25) is 9.79 Å². The summed E-state index contributed by atoms with van der Waals surface area (Å²) in [6.45, 7) is 5.59. The quantitative estimate of drug-likeness (QED) is 0.428. The van der Waals surface area contributed by atoms with E-state index in [4.69, 9.17) is 19.2 Å². The van der Waals surface area contributed by atoms with Crippen molar-refractivity contribution in [2.75, 3.05) is 65.6 Å². The van der Waals surface area contributed by atoms with E-state index in [-0.39, 0.29) is 11.9 Å². The molecule has 38 heavy (non-hydrogen) atoms. The summed E-state index contributed by atoms with van der Waals surface area (Å²) in [4.78, 5) is 24.9. The van der Waals surface area contributed by atoms with E-state index in [0.29, 0.717) is 29.4 Å². The zero-order chi connectivity index (χ0) is 26.5. The molecule has 0 radical (unpaired) electrons. The first kappa shape index (κ1) is 26.3. The standard InChI is InChI=1S/C30H38N4O4/c1-32-11-13-33(14-12-32)24-9-7-22(8-10-24)23-17-25-20-31-27-19-29(38-16-6-4-5-15-36-2)28(37-3)18-26(27)30(35)34(25)21-23/h7-10,18-21,25H,4-6,11-17H2,1-3H3. The molecule has 2 aromatic carbocycles. The Morgan fingerprint density at radius 2 is 1.71 bits per heavy atom. The van der Waals surface area contributed by atoms with Gasteiger partial charge in [-0.05, 0) is 55.6 Å². The number of fused-ring (bicyclic) bond motifs is 2. The number of amides is 1. The van der Waals surface area contributed by atoms with Gasteiger partial charge in [0.05, 0.1) is 31.0 Å². The predicted molar refractivity (Wildman–Crippen MR) is 151 cm³/mol. The van der Waals surface area contributed by atoms with Crippen molar-refractivity contribution in [3.63, 3.8) is 0 Å². The van der Waals surface area contributed by atoms with Crippen LogP contribution in [-0.4, -0.2) is 88.6 Å². The molecule has 3 aliphatic rings. The average molecular weight is 519 g/mol. The molecule has 1 unspecified atom stereocenters. The molecule has 5 rings (SSSR count). The zero-order valence-corrected chi connectivity index (χ0v) is 22.7. The van der Waals surface area contributed by atoms with Crippen molar-refractivity contribution in [1.82, 2.24) is 9.80 Å². The monoisotopic (exact) mass is 518 g/mol. The molecular formula is C30H38N4O4. The van der Waals surface area contributed by atoms with Crippen molar-refractivity contribution in [2.45, 2.75) is 31.7 Å². The first-order valence-electron chi connectivity index (χ1n) is 13.5. The number of methoxy groups -OCH3 is 2. The SMILES string of the molecule is COCCCCCOc1cc2c(cc1OC)C(=O)N1C=C(c3ccc(N4CCN(C)CC4)cc3)CC1C=N2. The maximum Gasteiger partial charge on any atom is 0.260 e. The molecule has 0 spiro atoms. The van der Waals surface area contributed by atoms with E-state index in [0.717, 1.165) is 69.6 Å². The molecule has 1 saturated heterocycles. The number of aliphatic imine (C=N–C) groups is 1. The summed E-state index contributed by atoms with van der Waals surface area (Å²) < 4.78 is 16.7. The highest BCUT2D eigenvalue weighted by Crippen LogP contribution is 2.40. The molecule has 1 fully saturated rings. The Kier molecular flexibility index (Phi) is 8.29. The van der Waals surface area contributed by atoms with Gasteiger partial charge in [-0.25, -0.2) is 0 Å². The molecular weight excluding hydrogens is 480 g/mol. The fourth-order valence-electron chi connectivity index (χ4n) is 5.23. The molecule has 0 bridgehead atoms. The van der Waals surface area contributed by atoms with Crippen LogP contribution in [0.15, 0.2) is 47.6 Å². The minimum Gasteiger partial charge on any atom is -0.493 e. The lowest BCUT2D eigenvalue weighted by Crippen LogP contribution is -2.44. The zero-order valence-electron chi connectivity index (χ0n) is 22.7. The van der Waals surface area contributed by atoms with Crippen molar-refractivity contribution in [3.05, 3.63) is 53.7 Å². The van der Waals surface area contributed by atoms with Gasteiger partial charge < -0.3 is 28.9 Å². The van der Waals surface area contributed by atoms with Crippen LogP contribution >= 0.6 is 0 Å².